The standard InChI is InChI=1S/C13H18BrNO/c1-16-13-6-5-11(14)8-10(13)7-9-3-2-4-12(9)15/h5-6,8-9,12H,2-4,7,15H2,1H3. The van der Waals surface area contributed by atoms with Crippen LogP contribution in [0.15, 0.2) is 22.7 Å². The van der Waals surface area contributed by atoms with Gasteiger partial charge in [-0.1, -0.05) is 22.4 Å². The number of halogens is 1. The van der Waals surface area contributed by atoms with Crippen LogP contribution in [0.3, 0.4) is 0 Å². The zero-order valence-electron chi connectivity index (χ0n) is 9.58. The Morgan fingerprint density at radius 3 is 2.88 bits per heavy atom. The maximum absolute atomic E-state index is 6.10. The number of methoxy groups -OCH3 is 1. The van der Waals surface area contributed by atoms with Crippen LogP contribution in [0.4, 0.5) is 0 Å². The Kier molecular flexibility index (Phi) is 3.87. The first-order valence-corrected chi connectivity index (χ1v) is 6.58. The molecule has 0 amide bonds. The van der Waals surface area contributed by atoms with Crippen molar-refractivity contribution >= 4 is 15.9 Å². The van der Waals surface area contributed by atoms with Gasteiger partial charge in [0.2, 0.25) is 0 Å². The van der Waals surface area contributed by atoms with Crippen LogP contribution >= 0.6 is 15.9 Å². The van der Waals surface area contributed by atoms with Crippen LogP contribution in [0.2, 0.25) is 0 Å². The summed E-state index contributed by atoms with van der Waals surface area (Å²) < 4.78 is 6.49. The smallest absolute Gasteiger partial charge is 0.122 e. The molecule has 1 saturated carbocycles. The van der Waals surface area contributed by atoms with Crippen LogP contribution in [-0.4, -0.2) is 13.2 Å². The molecular formula is C13H18BrNO. The minimum absolute atomic E-state index is 0.365. The van der Waals surface area contributed by atoms with Gasteiger partial charge in [-0.25, -0.2) is 0 Å². The van der Waals surface area contributed by atoms with Crippen molar-refractivity contribution in [1.29, 1.82) is 0 Å². The fourth-order valence-corrected chi connectivity index (χ4v) is 2.92. The van der Waals surface area contributed by atoms with Gasteiger partial charge in [0.05, 0.1) is 7.11 Å². The summed E-state index contributed by atoms with van der Waals surface area (Å²) in [4.78, 5) is 0. The molecule has 2 rings (SSSR count). The highest BCUT2D eigenvalue weighted by Crippen LogP contribution is 2.31. The number of hydrogen-bond donors (Lipinski definition) is 1. The van der Waals surface area contributed by atoms with E-state index in [2.05, 4.69) is 22.0 Å². The van der Waals surface area contributed by atoms with Crippen LogP contribution in [0.5, 0.6) is 5.75 Å². The molecule has 2 nitrogen and oxygen atoms in total. The van der Waals surface area contributed by atoms with Gasteiger partial charge in [0, 0.05) is 10.5 Å². The largest absolute Gasteiger partial charge is 0.496 e. The van der Waals surface area contributed by atoms with Gasteiger partial charge in [-0.3, -0.25) is 0 Å². The normalized spacial score (nSPS) is 24.7. The lowest BCUT2D eigenvalue weighted by Gasteiger charge is -2.17. The summed E-state index contributed by atoms with van der Waals surface area (Å²) >= 11 is 3.50. The van der Waals surface area contributed by atoms with E-state index in [1.165, 1.54) is 24.8 Å². The predicted octanol–water partition coefficient (Wildman–Crippen LogP) is 3.13. The maximum Gasteiger partial charge on any atom is 0.122 e. The minimum Gasteiger partial charge on any atom is -0.496 e. The number of ether oxygens (including phenoxy) is 1. The third kappa shape index (κ3) is 2.58. The molecule has 3 heteroatoms. The highest BCUT2D eigenvalue weighted by atomic mass is 79.9. The van der Waals surface area contributed by atoms with Crippen molar-refractivity contribution < 1.29 is 4.74 Å². The summed E-state index contributed by atoms with van der Waals surface area (Å²) in [6, 6.07) is 6.53. The number of hydrogen-bond acceptors (Lipinski definition) is 2. The van der Waals surface area contributed by atoms with Gasteiger partial charge in [-0.15, -0.1) is 0 Å². The monoisotopic (exact) mass is 283 g/mol. The van der Waals surface area contributed by atoms with Crippen LogP contribution in [0.1, 0.15) is 24.8 Å². The Labute approximate surface area is 105 Å². The van der Waals surface area contributed by atoms with Gasteiger partial charge in [-0.05, 0) is 48.9 Å². The first-order valence-electron chi connectivity index (χ1n) is 5.78. The molecule has 0 spiro atoms. The molecular weight excluding hydrogens is 266 g/mol. The van der Waals surface area contributed by atoms with Gasteiger partial charge in [0.1, 0.15) is 5.75 Å². The number of nitrogens with two attached hydrogens (primary N) is 1. The van der Waals surface area contributed by atoms with E-state index in [1.807, 2.05) is 12.1 Å². The van der Waals surface area contributed by atoms with Crippen molar-refractivity contribution in [2.75, 3.05) is 7.11 Å². The molecule has 0 radical (unpaired) electrons. The Balaban J connectivity index is 2.16. The second kappa shape index (κ2) is 5.19. The fraction of sp³-hybridized carbons (Fsp3) is 0.538. The molecule has 0 bridgehead atoms. The van der Waals surface area contributed by atoms with Gasteiger partial charge < -0.3 is 10.5 Å². The SMILES string of the molecule is COc1ccc(Br)cc1CC1CCCC1N. The van der Waals surface area contributed by atoms with E-state index in [0.29, 0.717) is 12.0 Å². The maximum atomic E-state index is 6.10. The zero-order valence-corrected chi connectivity index (χ0v) is 11.2. The zero-order chi connectivity index (χ0) is 11.5. The number of rotatable bonds is 3. The molecule has 1 aliphatic carbocycles. The first kappa shape index (κ1) is 11.9. The molecule has 2 atom stereocenters. The molecule has 2 unspecified atom stereocenters. The van der Waals surface area contributed by atoms with E-state index in [4.69, 9.17) is 10.5 Å². The molecule has 1 aromatic rings. The van der Waals surface area contributed by atoms with E-state index in [0.717, 1.165) is 16.6 Å². The first-order chi connectivity index (χ1) is 7.70. The minimum atomic E-state index is 0.365. The quantitative estimate of drug-likeness (QED) is 0.925. The lowest BCUT2D eigenvalue weighted by atomic mass is 9.94. The average Bonchev–Trinajstić information content (AvgIpc) is 2.65. The van der Waals surface area contributed by atoms with Gasteiger partial charge >= 0.3 is 0 Å². The lowest BCUT2D eigenvalue weighted by molar-refractivity contribution is 0.400. The molecule has 1 aliphatic rings. The highest BCUT2D eigenvalue weighted by Gasteiger charge is 2.24. The molecule has 1 fully saturated rings. The van der Waals surface area contributed by atoms with E-state index in [9.17, 15) is 0 Å². The third-order valence-corrected chi connectivity index (χ3v) is 3.94. The van der Waals surface area contributed by atoms with Crippen molar-refractivity contribution in [3.63, 3.8) is 0 Å². The van der Waals surface area contributed by atoms with Crippen LogP contribution in [0.25, 0.3) is 0 Å². The Morgan fingerprint density at radius 1 is 1.44 bits per heavy atom. The molecule has 0 aliphatic heterocycles. The van der Waals surface area contributed by atoms with Crippen LogP contribution in [0, 0.1) is 5.92 Å². The van der Waals surface area contributed by atoms with Gasteiger partial charge in [0.15, 0.2) is 0 Å². The Bertz CT molecular complexity index is 367. The average molecular weight is 284 g/mol. The topological polar surface area (TPSA) is 35.2 Å². The van der Waals surface area contributed by atoms with E-state index >= 15 is 0 Å². The third-order valence-electron chi connectivity index (χ3n) is 3.44. The summed E-state index contributed by atoms with van der Waals surface area (Å²) in [6.07, 6.45) is 4.71. The molecule has 0 aromatic heterocycles. The fourth-order valence-electron chi connectivity index (χ4n) is 2.51. The summed E-state index contributed by atoms with van der Waals surface area (Å²) in [5, 5.41) is 0. The Morgan fingerprint density at radius 2 is 2.25 bits per heavy atom. The van der Waals surface area contributed by atoms with E-state index < -0.39 is 0 Å². The van der Waals surface area contributed by atoms with Crippen molar-refractivity contribution in [3.8, 4) is 5.75 Å². The van der Waals surface area contributed by atoms with Crippen molar-refractivity contribution in [2.24, 2.45) is 11.7 Å². The molecule has 88 valence electrons. The number of benzene rings is 1. The second-order valence-corrected chi connectivity index (χ2v) is 5.43. The molecule has 1 aromatic carbocycles. The van der Waals surface area contributed by atoms with Crippen LogP contribution < -0.4 is 10.5 Å². The van der Waals surface area contributed by atoms with Gasteiger partial charge in [0.25, 0.3) is 0 Å². The molecule has 0 heterocycles. The molecule has 0 saturated heterocycles. The lowest BCUT2D eigenvalue weighted by Crippen LogP contribution is -2.26. The molecule has 16 heavy (non-hydrogen) atoms. The summed E-state index contributed by atoms with van der Waals surface area (Å²) in [5.74, 6) is 1.59. The second-order valence-electron chi connectivity index (χ2n) is 4.52. The van der Waals surface area contributed by atoms with Crippen molar-refractivity contribution in [3.05, 3.63) is 28.2 Å². The van der Waals surface area contributed by atoms with E-state index in [1.54, 1.807) is 7.11 Å². The van der Waals surface area contributed by atoms with Crippen molar-refractivity contribution in [1.82, 2.24) is 0 Å². The Hall–Kier alpha value is -0.540. The highest BCUT2D eigenvalue weighted by molar-refractivity contribution is 9.10. The molecule has 2 N–H and O–H groups in total. The predicted molar refractivity (Wildman–Crippen MR) is 69.7 cm³/mol. The summed E-state index contributed by atoms with van der Waals surface area (Å²) in [7, 11) is 1.72. The summed E-state index contributed by atoms with van der Waals surface area (Å²) in [6.45, 7) is 0. The summed E-state index contributed by atoms with van der Waals surface area (Å²) in [5.41, 5.74) is 7.37. The van der Waals surface area contributed by atoms with E-state index in [-0.39, 0.29) is 0 Å². The van der Waals surface area contributed by atoms with Crippen molar-refractivity contribution in [2.45, 2.75) is 31.7 Å². The van der Waals surface area contributed by atoms with Crippen LogP contribution in [-0.2, 0) is 6.42 Å². The van der Waals surface area contributed by atoms with Gasteiger partial charge in [-0.2, -0.15) is 0 Å².